The van der Waals surface area contributed by atoms with Gasteiger partial charge in [-0.2, -0.15) is 0 Å². The first-order valence-corrected chi connectivity index (χ1v) is 10.1. The zero-order chi connectivity index (χ0) is 19.8. The summed E-state index contributed by atoms with van der Waals surface area (Å²) in [7, 11) is 0. The number of ether oxygens (including phenoxy) is 2. The van der Waals surface area contributed by atoms with Gasteiger partial charge < -0.3 is 18.9 Å². The standard InChI is InChI=1S/C24H24N2O3/c1-18-8-7-11-20-21(18)22(25-14-5-6-15-25)24(29-20)12-16-26(17-13-24)23(27)28-19-9-3-2-4-10-19/h2-11,14-15,22H,12-13,16-17H2,1H3. The molecule has 0 saturated carbocycles. The molecule has 148 valence electrons. The van der Waals surface area contributed by atoms with Crippen LogP contribution in [0.3, 0.4) is 0 Å². The Morgan fingerprint density at radius 1 is 1.00 bits per heavy atom. The molecule has 1 aromatic heterocycles. The molecular weight excluding hydrogens is 364 g/mol. The highest BCUT2D eigenvalue weighted by atomic mass is 16.6. The van der Waals surface area contributed by atoms with Gasteiger partial charge in [-0.3, -0.25) is 0 Å². The molecule has 5 rings (SSSR count). The molecule has 1 unspecified atom stereocenters. The van der Waals surface area contributed by atoms with Crippen LogP contribution in [0.1, 0.15) is 30.0 Å². The maximum absolute atomic E-state index is 12.6. The van der Waals surface area contributed by atoms with Crippen molar-refractivity contribution in [3.05, 3.63) is 84.2 Å². The van der Waals surface area contributed by atoms with E-state index in [9.17, 15) is 4.79 Å². The largest absolute Gasteiger partial charge is 0.484 e. The first-order valence-electron chi connectivity index (χ1n) is 10.1. The molecule has 0 radical (unpaired) electrons. The Morgan fingerprint density at radius 2 is 1.72 bits per heavy atom. The smallest absolute Gasteiger partial charge is 0.415 e. The van der Waals surface area contributed by atoms with Crippen LogP contribution in [0.25, 0.3) is 0 Å². The average molecular weight is 388 g/mol. The van der Waals surface area contributed by atoms with Gasteiger partial charge in [-0.05, 0) is 42.8 Å². The molecular formula is C24H24N2O3. The summed E-state index contributed by atoms with van der Waals surface area (Å²) in [4.78, 5) is 14.4. The number of carbonyl (C=O) groups excluding carboxylic acids is 1. The van der Waals surface area contributed by atoms with Crippen LogP contribution < -0.4 is 9.47 Å². The van der Waals surface area contributed by atoms with E-state index < -0.39 is 0 Å². The lowest BCUT2D eigenvalue weighted by atomic mass is 9.81. The molecule has 0 aliphatic carbocycles. The number of carbonyl (C=O) groups is 1. The lowest BCUT2D eigenvalue weighted by Crippen LogP contribution is -2.52. The average Bonchev–Trinajstić information content (AvgIpc) is 3.36. The van der Waals surface area contributed by atoms with Crippen LogP contribution in [0.2, 0.25) is 0 Å². The van der Waals surface area contributed by atoms with E-state index in [4.69, 9.17) is 9.47 Å². The van der Waals surface area contributed by atoms with Crippen LogP contribution in [-0.2, 0) is 0 Å². The van der Waals surface area contributed by atoms with E-state index in [-0.39, 0.29) is 17.7 Å². The van der Waals surface area contributed by atoms with Crippen molar-refractivity contribution >= 4 is 6.09 Å². The van der Waals surface area contributed by atoms with Crippen molar-refractivity contribution in [2.24, 2.45) is 0 Å². The normalized spacial score (nSPS) is 19.6. The lowest BCUT2D eigenvalue weighted by Gasteiger charge is -2.42. The summed E-state index contributed by atoms with van der Waals surface area (Å²) < 4.78 is 14.4. The molecule has 2 aliphatic heterocycles. The minimum Gasteiger partial charge on any atom is -0.484 e. The Hall–Kier alpha value is -3.21. The van der Waals surface area contributed by atoms with Gasteiger partial charge in [0.25, 0.3) is 0 Å². The van der Waals surface area contributed by atoms with E-state index in [1.54, 1.807) is 17.0 Å². The fourth-order valence-electron chi connectivity index (χ4n) is 4.67. The van der Waals surface area contributed by atoms with Gasteiger partial charge >= 0.3 is 6.09 Å². The molecule has 1 spiro atoms. The van der Waals surface area contributed by atoms with E-state index in [1.807, 2.05) is 24.3 Å². The van der Waals surface area contributed by atoms with Crippen molar-refractivity contribution in [3.63, 3.8) is 0 Å². The van der Waals surface area contributed by atoms with Crippen molar-refractivity contribution in [3.8, 4) is 11.5 Å². The van der Waals surface area contributed by atoms with E-state index in [0.717, 1.165) is 18.6 Å². The van der Waals surface area contributed by atoms with Crippen molar-refractivity contribution in [1.82, 2.24) is 9.47 Å². The minimum atomic E-state index is -0.350. The monoisotopic (exact) mass is 388 g/mol. The van der Waals surface area contributed by atoms with Gasteiger partial charge in [-0.15, -0.1) is 0 Å². The first kappa shape index (κ1) is 17.9. The summed E-state index contributed by atoms with van der Waals surface area (Å²) >= 11 is 0. The molecule has 2 aromatic carbocycles. The third-order valence-electron chi connectivity index (χ3n) is 6.11. The molecule has 1 amide bonds. The van der Waals surface area contributed by atoms with Gasteiger partial charge in [0, 0.05) is 43.9 Å². The molecule has 0 N–H and O–H groups in total. The van der Waals surface area contributed by atoms with Crippen molar-refractivity contribution < 1.29 is 14.3 Å². The summed E-state index contributed by atoms with van der Waals surface area (Å²) in [6.07, 6.45) is 5.43. The molecule has 1 atom stereocenters. The van der Waals surface area contributed by atoms with Crippen LogP contribution in [0.5, 0.6) is 11.5 Å². The fraction of sp³-hybridized carbons (Fsp3) is 0.292. The zero-order valence-electron chi connectivity index (χ0n) is 16.5. The molecule has 3 heterocycles. The Balaban J connectivity index is 1.38. The Bertz CT molecular complexity index is 1010. The highest BCUT2D eigenvalue weighted by Gasteiger charge is 2.52. The number of aromatic nitrogens is 1. The van der Waals surface area contributed by atoms with Crippen LogP contribution in [0.4, 0.5) is 4.79 Å². The number of fused-ring (bicyclic) bond motifs is 1. The van der Waals surface area contributed by atoms with Gasteiger partial charge in [-0.25, -0.2) is 4.79 Å². The topological polar surface area (TPSA) is 43.7 Å². The highest BCUT2D eigenvalue weighted by Crippen LogP contribution is 2.51. The number of likely N-dealkylation sites (tertiary alicyclic amines) is 1. The number of rotatable bonds is 2. The van der Waals surface area contributed by atoms with Crippen LogP contribution in [0, 0.1) is 6.92 Å². The van der Waals surface area contributed by atoms with Gasteiger partial charge in [0.2, 0.25) is 0 Å². The number of hydrogen-bond donors (Lipinski definition) is 0. The number of hydrogen-bond acceptors (Lipinski definition) is 3. The van der Waals surface area contributed by atoms with Crippen LogP contribution in [-0.4, -0.2) is 34.3 Å². The van der Waals surface area contributed by atoms with E-state index in [2.05, 4.69) is 48.1 Å². The molecule has 5 heteroatoms. The summed E-state index contributed by atoms with van der Waals surface area (Å²) in [5.41, 5.74) is 2.14. The fourth-order valence-corrected chi connectivity index (χ4v) is 4.67. The summed E-state index contributed by atoms with van der Waals surface area (Å²) in [5.74, 6) is 1.53. The third-order valence-corrected chi connectivity index (χ3v) is 6.11. The quantitative estimate of drug-likeness (QED) is 0.633. The van der Waals surface area contributed by atoms with E-state index in [1.165, 1.54) is 11.1 Å². The van der Waals surface area contributed by atoms with Crippen molar-refractivity contribution in [1.29, 1.82) is 0 Å². The maximum atomic E-state index is 12.6. The summed E-state index contributed by atoms with van der Waals surface area (Å²) in [5, 5.41) is 0. The Morgan fingerprint density at radius 3 is 2.45 bits per heavy atom. The number of aryl methyl sites for hydroxylation is 1. The second-order valence-electron chi connectivity index (χ2n) is 7.85. The Kier molecular flexibility index (Phi) is 4.31. The van der Waals surface area contributed by atoms with E-state index in [0.29, 0.717) is 18.8 Å². The predicted molar refractivity (Wildman–Crippen MR) is 110 cm³/mol. The summed E-state index contributed by atoms with van der Waals surface area (Å²) in [6.45, 7) is 3.36. The van der Waals surface area contributed by atoms with E-state index >= 15 is 0 Å². The highest BCUT2D eigenvalue weighted by molar-refractivity contribution is 5.70. The predicted octanol–water partition coefficient (Wildman–Crippen LogP) is 4.81. The molecule has 5 nitrogen and oxygen atoms in total. The number of benzene rings is 2. The van der Waals surface area contributed by atoms with Crippen molar-refractivity contribution in [2.75, 3.05) is 13.1 Å². The van der Waals surface area contributed by atoms with Gasteiger partial charge in [0.1, 0.15) is 23.1 Å². The maximum Gasteiger partial charge on any atom is 0.415 e. The second-order valence-corrected chi connectivity index (χ2v) is 7.85. The lowest BCUT2D eigenvalue weighted by molar-refractivity contribution is -0.00203. The van der Waals surface area contributed by atoms with Gasteiger partial charge in [0.15, 0.2) is 0 Å². The number of amides is 1. The molecule has 0 bridgehead atoms. The number of para-hydroxylation sites is 1. The first-order chi connectivity index (χ1) is 14.2. The van der Waals surface area contributed by atoms with Crippen LogP contribution in [0.15, 0.2) is 73.1 Å². The number of nitrogens with zero attached hydrogens (tertiary/aromatic N) is 2. The minimum absolute atomic E-state index is 0.112. The zero-order valence-corrected chi connectivity index (χ0v) is 16.5. The molecule has 2 aliphatic rings. The summed E-state index contributed by atoms with van der Waals surface area (Å²) in [6, 6.07) is 19.7. The van der Waals surface area contributed by atoms with Crippen LogP contribution >= 0.6 is 0 Å². The molecule has 1 saturated heterocycles. The number of piperidine rings is 1. The molecule has 3 aromatic rings. The SMILES string of the molecule is Cc1cccc2c1C(n1cccc1)C1(CCN(C(=O)Oc3ccccc3)CC1)O2. The van der Waals surface area contributed by atoms with Gasteiger partial charge in [0.05, 0.1) is 0 Å². The third kappa shape index (κ3) is 3.07. The second kappa shape index (κ2) is 6.99. The van der Waals surface area contributed by atoms with Crippen molar-refractivity contribution in [2.45, 2.75) is 31.4 Å². The Labute approximate surface area is 170 Å². The molecule has 29 heavy (non-hydrogen) atoms. The van der Waals surface area contributed by atoms with Gasteiger partial charge in [-0.1, -0.05) is 30.3 Å². The molecule has 1 fully saturated rings.